The number of rotatable bonds is 5. The number of aromatic nitrogens is 2. The van der Waals surface area contributed by atoms with Crippen molar-refractivity contribution in [3.05, 3.63) is 47.3 Å². The minimum atomic E-state index is -0.207. The Balaban J connectivity index is 1.70. The molecule has 0 aliphatic heterocycles. The number of carbonyl (C=O) groups excluding carboxylic acids is 1. The van der Waals surface area contributed by atoms with Gasteiger partial charge in [-0.05, 0) is 49.9 Å². The lowest BCUT2D eigenvalue weighted by Gasteiger charge is -2.23. The van der Waals surface area contributed by atoms with E-state index in [4.69, 9.17) is 0 Å². The smallest absolute Gasteiger partial charge is 0.274 e. The molecular formula is C20H26N4O. The van der Waals surface area contributed by atoms with E-state index in [1.807, 2.05) is 31.2 Å². The van der Waals surface area contributed by atoms with Crippen molar-refractivity contribution < 1.29 is 4.79 Å². The van der Waals surface area contributed by atoms with E-state index in [1.165, 1.54) is 24.8 Å². The van der Waals surface area contributed by atoms with Crippen molar-refractivity contribution in [2.75, 3.05) is 10.6 Å². The van der Waals surface area contributed by atoms with Crippen LogP contribution in [0.2, 0.25) is 0 Å². The third-order valence-electron chi connectivity index (χ3n) is 4.65. The first-order chi connectivity index (χ1) is 12.1. The SMILES string of the molecule is CCc1ccc(NC(=O)c2cc(C)nc(NC3CCCCC3)n2)cc1. The first kappa shape index (κ1) is 17.4. The molecule has 132 valence electrons. The van der Waals surface area contributed by atoms with Crippen LogP contribution in [0.4, 0.5) is 11.6 Å². The summed E-state index contributed by atoms with van der Waals surface area (Å²) in [5, 5.41) is 6.30. The minimum absolute atomic E-state index is 0.207. The van der Waals surface area contributed by atoms with Gasteiger partial charge in [0.25, 0.3) is 5.91 Å². The molecule has 1 heterocycles. The zero-order chi connectivity index (χ0) is 17.6. The van der Waals surface area contributed by atoms with Crippen LogP contribution in [0.1, 0.15) is 60.8 Å². The molecule has 0 spiro atoms. The van der Waals surface area contributed by atoms with Crippen molar-refractivity contribution in [3.63, 3.8) is 0 Å². The van der Waals surface area contributed by atoms with Gasteiger partial charge >= 0.3 is 0 Å². The third kappa shape index (κ3) is 4.78. The molecule has 0 bridgehead atoms. The highest BCUT2D eigenvalue weighted by atomic mass is 16.1. The van der Waals surface area contributed by atoms with Gasteiger partial charge in [0.1, 0.15) is 5.69 Å². The summed E-state index contributed by atoms with van der Waals surface area (Å²) in [5.41, 5.74) is 3.21. The maximum Gasteiger partial charge on any atom is 0.274 e. The summed E-state index contributed by atoms with van der Waals surface area (Å²) >= 11 is 0. The number of benzene rings is 1. The number of anilines is 2. The van der Waals surface area contributed by atoms with Crippen molar-refractivity contribution >= 4 is 17.5 Å². The summed E-state index contributed by atoms with van der Waals surface area (Å²) in [4.78, 5) is 21.4. The molecule has 0 atom stereocenters. The van der Waals surface area contributed by atoms with E-state index in [0.29, 0.717) is 17.7 Å². The van der Waals surface area contributed by atoms with Gasteiger partial charge in [-0.15, -0.1) is 0 Å². The van der Waals surface area contributed by atoms with E-state index in [-0.39, 0.29) is 5.91 Å². The summed E-state index contributed by atoms with van der Waals surface area (Å²) in [7, 11) is 0. The molecule has 3 rings (SSSR count). The van der Waals surface area contributed by atoms with E-state index in [0.717, 1.165) is 30.6 Å². The van der Waals surface area contributed by atoms with Crippen LogP contribution >= 0.6 is 0 Å². The van der Waals surface area contributed by atoms with Crippen molar-refractivity contribution in [1.29, 1.82) is 0 Å². The molecule has 0 unspecified atom stereocenters. The average Bonchev–Trinajstić information content (AvgIpc) is 2.62. The second-order valence-electron chi connectivity index (χ2n) is 6.70. The van der Waals surface area contributed by atoms with Crippen molar-refractivity contribution in [1.82, 2.24) is 9.97 Å². The molecule has 0 saturated heterocycles. The van der Waals surface area contributed by atoms with E-state index < -0.39 is 0 Å². The van der Waals surface area contributed by atoms with E-state index in [9.17, 15) is 4.79 Å². The molecule has 1 fully saturated rings. The van der Waals surface area contributed by atoms with Gasteiger partial charge in [-0.25, -0.2) is 9.97 Å². The quantitative estimate of drug-likeness (QED) is 0.851. The number of aryl methyl sites for hydroxylation is 2. The van der Waals surface area contributed by atoms with Crippen LogP contribution in [0, 0.1) is 6.92 Å². The number of hydrogen-bond donors (Lipinski definition) is 2. The van der Waals surface area contributed by atoms with Crippen molar-refractivity contribution in [2.45, 2.75) is 58.4 Å². The third-order valence-corrected chi connectivity index (χ3v) is 4.65. The molecule has 5 heteroatoms. The van der Waals surface area contributed by atoms with Crippen LogP contribution in [0.5, 0.6) is 0 Å². The van der Waals surface area contributed by atoms with Crippen molar-refractivity contribution in [3.8, 4) is 0 Å². The largest absolute Gasteiger partial charge is 0.351 e. The summed E-state index contributed by atoms with van der Waals surface area (Å²) in [6.07, 6.45) is 7.05. The van der Waals surface area contributed by atoms with Gasteiger partial charge in [0, 0.05) is 17.4 Å². The maximum atomic E-state index is 12.5. The summed E-state index contributed by atoms with van der Waals surface area (Å²) < 4.78 is 0. The molecule has 2 N–H and O–H groups in total. The number of carbonyl (C=O) groups is 1. The van der Waals surface area contributed by atoms with Crippen LogP contribution in [0.25, 0.3) is 0 Å². The number of nitrogens with zero attached hydrogens (tertiary/aromatic N) is 2. The Morgan fingerprint density at radius 2 is 1.84 bits per heavy atom. The Hall–Kier alpha value is -2.43. The van der Waals surface area contributed by atoms with Crippen LogP contribution in [-0.4, -0.2) is 21.9 Å². The second-order valence-corrected chi connectivity index (χ2v) is 6.70. The normalized spacial score (nSPS) is 15.0. The molecule has 1 saturated carbocycles. The van der Waals surface area contributed by atoms with Crippen LogP contribution in [-0.2, 0) is 6.42 Å². The fourth-order valence-electron chi connectivity index (χ4n) is 3.20. The molecular weight excluding hydrogens is 312 g/mol. The standard InChI is InChI=1S/C20H26N4O/c1-3-15-9-11-17(12-10-15)22-19(25)18-13-14(2)21-20(24-18)23-16-7-5-4-6-8-16/h9-13,16H,3-8H2,1-2H3,(H,22,25)(H,21,23,24). The van der Waals surface area contributed by atoms with Crippen molar-refractivity contribution in [2.24, 2.45) is 0 Å². The summed E-state index contributed by atoms with van der Waals surface area (Å²) in [6.45, 7) is 4.00. The lowest BCUT2D eigenvalue weighted by molar-refractivity contribution is 0.102. The predicted molar refractivity (Wildman–Crippen MR) is 101 cm³/mol. The zero-order valence-electron chi connectivity index (χ0n) is 15.0. The van der Waals surface area contributed by atoms with E-state index in [2.05, 4.69) is 27.5 Å². The van der Waals surface area contributed by atoms with Gasteiger partial charge in [-0.1, -0.05) is 38.3 Å². The summed E-state index contributed by atoms with van der Waals surface area (Å²) in [6, 6.07) is 10.0. The highest BCUT2D eigenvalue weighted by Gasteiger charge is 2.16. The predicted octanol–water partition coefficient (Wildman–Crippen LogP) is 4.34. The molecule has 1 aromatic carbocycles. The molecule has 1 aliphatic rings. The Bertz CT molecular complexity index is 721. The lowest BCUT2D eigenvalue weighted by atomic mass is 9.96. The molecule has 1 aromatic heterocycles. The molecule has 1 amide bonds. The maximum absolute atomic E-state index is 12.5. The Morgan fingerprint density at radius 3 is 2.52 bits per heavy atom. The highest BCUT2D eigenvalue weighted by molar-refractivity contribution is 6.03. The number of amides is 1. The minimum Gasteiger partial charge on any atom is -0.351 e. The fraction of sp³-hybridized carbons (Fsp3) is 0.450. The first-order valence-corrected chi connectivity index (χ1v) is 9.16. The fourth-order valence-corrected chi connectivity index (χ4v) is 3.20. The second kappa shape index (κ2) is 8.10. The Labute approximate surface area is 149 Å². The Kier molecular flexibility index (Phi) is 5.64. The molecule has 5 nitrogen and oxygen atoms in total. The number of hydrogen-bond acceptors (Lipinski definition) is 4. The molecule has 1 aliphatic carbocycles. The van der Waals surface area contributed by atoms with E-state index in [1.54, 1.807) is 6.07 Å². The van der Waals surface area contributed by atoms with Crippen LogP contribution in [0.3, 0.4) is 0 Å². The van der Waals surface area contributed by atoms with Gasteiger partial charge in [-0.3, -0.25) is 4.79 Å². The average molecular weight is 338 g/mol. The van der Waals surface area contributed by atoms with Gasteiger partial charge in [0.2, 0.25) is 5.95 Å². The van der Waals surface area contributed by atoms with Gasteiger partial charge < -0.3 is 10.6 Å². The van der Waals surface area contributed by atoms with Gasteiger partial charge in [0.05, 0.1) is 0 Å². The van der Waals surface area contributed by atoms with Crippen LogP contribution < -0.4 is 10.6 Å². The van der Waals surface area contributed by atoms with E-state index >= 15 is 0 Å². The Morgan fingerprint density at radius 1 is 1.12 bits per heavy atom. The monoisotopic (exact) mass is 338 g/mol. The first-order valence-electron chi connectivity index (χ1n) is 9.16. The topological polar surface area (TPSA) is 66.9 Å². The lowest BCUT2D eigenvalue weighted by Crippen LogP contribution is -2.24. The zero-order valence-corrected chi connectivity index (χ0v) is 15.0. The highest BCUT2D eigenvalue weighted by Crippen LogP contribution is 2.20. The molecule has 2 aromatic rings. The number of nitrogens with one attached hydrogen (secondary N) is 2. The molecule has 0 radical (unpaired) electrons. The van der Waals surface area contributed by atoms with Crippen LogP contribution in [0.15, 0.2) is 30.3 Å². The van der Waals surface area contributed by atoms with Gasteiger partial charge in [-0.2, -0.15) is 0 Å². The molecule has 25 heavy (non-hydrogen) atoms. The van der Waals surface area contributed by atoms with Gasteiger partial charge in [0.15, 0.2) is 0 Å². The summed E-state index contributed by atoms with van der Waals surface area (Å²) in [5.74, 6) is 0.347.